The van der Waals surface area contributed by atoms with Gasteiger partial charge < -0.3 is 11.1 Å². The third-order valence-corrected chi connectivity index (χ3v) is 4.26. The van der Waals surface area contributed by atoms with E-state index in [-0.39, 0.29) is 24.4 Å². The van der Waals surface area contributed by atoms with Crippen LogP contribution in [0.25, 0.3) is 0 Å². The van der Waals surface area contributed by atoms with Gasteiger partial charge in [0.1, 0.15) is 0 Å². The second-order valence-corrected chi connectivity index (χ2v) is 6.12. The second kappa shape index (κ2) is 7.02. The zero-order valence-corrected chi connectivity index (χ0v) is 13.1. The van der Waals surface area contributed by atoms with Crippen molar-refractivity contribution in [3.8, 4) is 0 Å². The molecule has 1 atom stereocenters. The molecule has 2 aromatic rings. The molecule has 2 heterocycles. The zero-order valence-electron chi connectivity index (χ0n) is 11.4. The number of hydrogen-bond acceptors (Lipinski definition) is 5. The van der Waals surface area contributed by atoms with Crippen molar-refractivity contribution in [3.63, 3.8) is 0 Å². The Morgan fingerprint density at radius 2 is 2.38 bits per heavy atom. The van der Waals surface area contributed by atoms with Crippen LogP contribution in [-0.4, -0.2) is 33.5 Å². The lowest BCUT2D eigenvalue weighted by atomic mass is 10.2. The average molecular weight is 328 g/mol. The molecule has 0 saturated heterocycles. The van der Waals surface area contributed by atoms with Gasteiger partial charge in [-0.05, 0) is 30.2 Å². The van der Waals surface area contributed by atoms with Crippen molar-refractivity contribution in [2.24, 2.45) is 11.7 Å². The topological polar surface area (TPSA) is 85.8 Å². The molecule has 0 spiro atoms. The van der Waals surface area contributed by atoms with Crippen molar-refractivity contribution in [2.45, 2.75) is 25.4 Å². The molecule has 6 nitrogen and oxygen atoms in total. The maximum Gasteiger partial charge on any atom is 0.273 e. The van der Waals surface area contributed by atoms with E-state index in [1.54, 1.807) is 22.2 Å². The lowest BCUT2D eigenvalue weighted by molar-refractivity contribution is 0.0945. The molecule has 3 rings (SSSR count). The number of nitrogens with one attached hydrogen (secondary N) is 1. The van der Waals surface area contributed by atoms with Crippen molar-refractivity contribution in [1.82, 2.24) is 20.3 Å². The number of hydrogen-bond donors (Lipinski definition) is 2. The van der Waals surface area contributed by atoms with E-state index in [9.17, 15) is 4.79 Å². The summed E-state index contributed by atoms with van der Waals surface area (Å²) in [5.74, 6) is 0.364. The Hall–Kier alpha value is -1.44. The number of rotatable bonds is 6. The number of nitrogens with two attached hydrogens (primary N) is 1. The summed E-state index contributed by atoms with van der Waals surface area (Å²) in [4.78, 5) is 13.1. The number of nitrogens with zero attached hydrogens (tertiary/aromatic N) is 3. The molecule has 1 unspecified atom stereocenters. The highest BCUT2D eigenvalue weighted by Crippen LogP contribution is 2.31. The van der Waals surface area contributed by atoms with Crippen molar-refractivity contribution >= 4 is 29.7 Å². The van der Waals surface area contributed by atoms with Gasteiger partial charge in [-0.3, -0.25) is 4.79 Å². The number of thiophene rings is 1. The van der Waals surface area contributed by atoms with E-state index in [0.717, 1.165) is 0 Å². The lowest BCUT2D eigenvalue weighted by Crippen LogP contribution is -2.38. The summed E-state index contributed by atoms with van der Waals surface area (Å²) in [6.07, 6.45) is 4.01. The van der Waals surface area contributed by atoms with Crippen LogP contribution < -0.4 is 11.1 Å². The average Bonchev–Trinajstić information content (AvgIpc) is 2.98. The van der Waals surface area contributed by atoms with Crippen LogP contribution in [0.15, 0.2) is 23.7 Å². The molecule has 0 aromatic carbocycles. The first kappa shape index (κ1) is 15.9. The van der Waals surface area contributed by atoms with Crippen LogP contribution in [0.3, 0.4) is 0 Å². The summed E-state index contributed by atoms with van der Waals surface area (Å²) in [6.45, 7) is 1.14. The van der Waals surface area contributed by atoms with Gasteiger partial charge in [0.25, 0.3) is 5.91 Å². The van der Waals surface area contributed by atoms with Crippen molar-refractivity contribution in [2.75, 3.05) is 6.54 Å². The molecule has 21 heavy (non-hydrogen) atoms. The second-order valence-electron chi connectivity index (χ2n) is 5.09. The summed E-state index contributed by atoms with van der Waals surface area (Å²) in [5, 5.41) is 12.7. The lowest BCUT2D eigenvalue weighted by Gasteiger charge is -2.10. The number of carbonyl (C=O) groups is 1. The Morgan fingerprint density at radius 3 is 3.05 bits per heavy atom. The van der Waals surface area contributed by atoms with Gasteiger partial charge in [-0.2, -0.15) is 0 Å². The van der Waals surface area contributed by atoms with Crippen LogP contribution in [0.5, 0.6) is 0 Å². The molecule has 2 aromatic heterocycles. The number of carbonyl (C=O) groups excluding carboxylic acids is 1. The van der Waals surface area contributed by atoms with Gasteiger partial charge in [0, 0.05) is 17.5 Å². The van der Waals surface area contributed by atoms with E-state index in [4.69, 9.17) is 5.73 Å². The Kier molecular flexibility index (Phi) is 5.33. The molecule has 114 valence electrons. The fraction of sp³-hybridized carbons (Fsp3) is 0.462. The van der Waals surface area contributed by atoms with E-state index >= 15 is 0 Å². The predicted octanol–water partition coefficient (Wildman–Crippen LogP) is 1.28. The van der Waals surface area contributed by atoms with Crippen LogP contribution in [0.2, 0.25) is 0 Å². The summed E-state index contributed by atoms with van der Waals surface area (Å²) >= 11 is 1.65. The zero-order chi connectivity index (χ0) is 13.9. The largest absolute Gasteiger partial charge is 0.349 e. The standard InChI is InChI=1S/C13H17N5OS.ClH/c14-11(9-3-4-9)6-15-13(19)12-8-18(17-16-12)7-10-2-1-5-20-10;/h1-2,5,8-9,11H,3-4,6-7,14H2,(H,15,19);1H. The minimum atomic E-state index is -0.210. The Morgan fingerprint density at radius 1 is 1.57 bits per heavy atom. The summed E-state index contributed by atoms with van der Waals surface area (Å²) in [5.41, 5.74) is 6.28. The van der Waals surface area contributed by atoms with Gasteiger partial charge >= 0.3 is 0 Å². The van der Waals surface area contributed by atoms with E-state index in [1.165, 1.54) is 17.7 Å². The smallest absolute Gasteiger partial charge is 0.273 e. The fourth-order valence-corrected chi connectivity index (χ4v) is 2.73. The van der Waals surface area contributed by atoms with Crippen molar-refractivity contribution in [1.29, 1.82) is 0 Å². The minimum Gasteiger partial charge on any atom is -0.349 e. The predicted molar refractivity (Wildman–Crippen MR) is 83.7 cm³/mol. The highest BCUT2D eigenvalue weighted by molar-refractivity contribution is 7.09. The SMILES string of the molecule is Cl.NC(CNC(=O)c1cn(Cc2cccs2)nn1)C1CC1. The van der Waals surface area contributed by atoms with Gasteiger partial charge in [-0.1, -0.05) is 11.3 Å². The first-order valence-corrected chi connectivity index (χ1v) is 7.56. The summed E-state index contributed by atoms with van der Waals surface area (Å²) < 4.78 is 1.67. The van der Waals surface area contributed by atoms with Crippen LogP contribution in [0, 0.1) is 5.92 Å². The monoisotopic (exact) mass is 327 g/mol. The van der Waals surface area contributed by atoms with E-state index in [0.29, 0.717) is 24.7 Å². The van der Waals surface area contributed by atoms with Crippen molar-refractivity contribution < 1.29 is 4.79 Å². The molecule has 1 fully saturated rings. The fourth-order valence-electron chi connectivity index (χ4n) is 2.03. The Bertz CT molecular complexity index is 581. The van der Waals surface area contributed by atoms with Crippen LogP contribution in [-0.2, 0) is 6.54 Å². The highest BCUT2D eigenvalue weighted by atomic mass is 35.5. The van der Waals surface area contributed by atoms with E-state index in [1.807, 2.05) is 17.5 Å². The molecule has 1 saturated carbocycles. The van der Waals surface area contributed by atoms with Gasteiger partial charge in [0.15, 0.2) is 5.69 Å². The summed E-state index contributed by atoms with van der Waals surface area (Å²) in [7, 11) is 0. The van der Waals surface area contributed by atoms with Crippen molar-refractivity contribution in [3.05, 3.63) is 34.3 Å². The van der Waals surface area contributed by atoms with Gasteiger partial charge in [-0.15, -0.1) is 28.8 Å². The first-order chi connectivity index (χ1) is 9.72. The highest BCUT2D eigenvalue weighted by Gasteiger charge is 2.28. The third-order valence-electron chi connectivity index (χ3n) is 3.40. The molecule has 0 aliphatic heterocycles. The maximum atomic E-state index is 11.9. The molecule has 0 bridgehead atoms. The number of aromatic nitrogens is 3. The third kappa shape index (κ3) is 4.26. The summed E-state index contributed by atoms with van der Waals surface area (Å²) in [6, 6.07) is 4.07. The molecule has 8 heteroatoms. The number of halogens is 1. The van der Waals surface area contributed by atoms with Gasteiger partial charge in [0.05, 0.1) is 12.7 Å². The van der Waals surface area contributed by atoms with E-state index < -0.39 is 0 Å². The van der Waals surface area contributed by atoms with Gasteiger partial charge in [-0.25, -0.2) is 4.68 Å². The molecule has 1 aliphatic carbocycles. The molecule has 0 radical (unpaired) electrons. The van der Waals surface area contributed by atoms with E-state index in [2.05, 4.69) is 15.6 Å². The molecular formula is C13H18ClN5OS. The molecule has 1 aliphatic rings. The van der Waals surface area contributed by atoms with Crippen LogP contribution in [0.1, 0.15) is 28.2 Å². The Balaban J connectivity index is 0.00000161. The Labute approximate surface area is 133 Å². The molecule has 1 amide bonds. The quantitative estimate of drug-likeness (QED) is 0.836. The first-order valence-electron chi connectivity index (χ1n) is 6.68. The maximum absolute atomic E-state index is 11.9. The van der Waals surface area contributed by atoms with Gasteiger partial charge in [0.2, 0.25) is 0 Å². The van der Waals surface area contributed by atoms with Crippen LogP contribution in [0.4, 0.5) is 0 Å². The normalized spacial score (nSPS) is 15.3. The van der Waals surface area contributed by atoms with Crippen LogP contribution >= 0.6 is 23.7 Å². The number of amides is 1. The molecular weight excluding hydrogens is 310 g/mol. The molecule has 3 N–H and O–H groups in total. The minimum absolute atomic E-state index is 0.